The second-order valence-electron chi connectivity index (χ2n) is 6.53. The molecule has 116 valence electrons. The number of aliphatic hydroxyl groups is 1. The molecule has 2 N–H and O–H groups in total. The Morgan fingerprint density at radius 2 is 2.00 bits per heavy atom. The number of carbonyl (C=O) groups is 1. The van der Waals surface area contributed by atoms with Gasteiger partial charge in [-0.05, 0) is 56.7 Å². The van der Waals surface area contributed by atoms with Gasteiger partial charge in [0.1, 0.15) is 5.82 Å². The standard InChI is InChI=1S/C17H24FNO2/c1-17(2,13-6-8-14(18)9-7-13)16(21)19-11-12-4-3-5-15(20)10-12/h6-9,12,15,20H,3-5,10-11H2,1-2H3,(H,19,21). The van der Waals surface area contributed by atoms with Gasteiger partial charge in [-0.25, -0.2) is 4.39 Å². The molecule has 3 nitrogen and oxygen atoms in total. The molecule has 0 heterocycles. The van der Waals surface area contributed by atoms with Gasteiger partial charge in [0.05, 0.1) is 11.5 Å². The van der Waals surface area contributed by atoms with Gasteiger partial charge in [0.25, 0.3) is 0 Å². The fourth-order valence-electron chi connectivity index (χ4n) is 2.90. The summed E-state index contributed by atoms with van der Waals surface area (Å²) < 4.78 is 13.0. The molecule has 1 aromatic rings. The molecule has 4 heteroatoms. The molecule has 2 unspecified atom stereocenters. The van der Waals surface area contributed by atoms with Crippen LogP contribution in [0.3, 0.4) is 0 Å². The highest BCUT2D eigenvalue weighted by Crippen LogP contribution is 2.26. The van der Waals surface area contributed by atoms with Crippen LogP contribution in [0.5, 0.6) is 0 Å². The molecule has 0 aliphatic heterocycles. The van der Waals surface area contributed by atoms with Gasteiger partial charge in [0.15, 0.2) is 0 Å². The van der Waals surface area contributed by atoms with Crippen LogP contribution < -0.4 is 5.32 Å². The molecular weight excluding hydrogens is 269 g/mol. The van der Waals surface area contributed by atoms with Crippen molar-refractivity contribution in [1.82, 2.24) is 5.32 Å². The number of carbonyl (C=O) groups excluding carboxylic acids is 1. The van der Waals surface area contributed by atoms with Crippen LogP contribution in [0.4, 0.5) is 4.39 Å². The quantitative estimate of drug-likeness (QED) is 0.897. The topological polar surface area (TPSA) is 49.3 Å². The lowest BCUT2D eigenvalue weighted by atomic mass is 9.83. The minimum atomic E-state index is -0.693. The smallest absolute Gasteiger partial charge is 0.230 e. The fraction of sp³-hybridized carbons (Fsp3) is 0.588. The van der Waals surface area contributed by atoms with Crippen LogP contribution in [0.2, 0.25) is 0 Å². The Morgan fingerprint density at radius 1 is 1.33 bits per heavy atom. The number of hydrogen-bond acceptors (Lipinski definition) is 2. The average molecular weight is 293 g/mol. The summed E-state index contributed by atoms with van der Waals surface area (Å²) in [6.07, 6.45) is 3.46. The monoisotopic (exact) mass is 293 g/mol. The van der Waals surface area contributed by atoms with Crippen LogP contribution >= 0.6 is 0 Å². The molecule has 0 spiro atoms. The molecule has 21 heavy (non-hydrogen) atoms. The number of rotatable bonds is 4. The fourth-order valence-corrected chi connectivity index (χ4v) is 2.90. The summed E-state index contributed by atoms with van der Waals surface area (Å²) >= 11 is 0. The normalized spacial score (nSPS) is 22.9. The first-order chi connectivity index (χ1) is 9.89. The second kappa shape index (κ2) is 6.56. The van der Waals surface area contributed by atoms with E-state index in [4.69, 9.17) is 0 Å². The van der Waals surface area contributed by atoms with Gasteiger partial charge in [0.2, 0.25) is 5.91 Å². The van der Waals surface area contributed by atoms with E-state index in [-0.39, 0.29) is 17.8 Å². The predicted octanol–water partition coefficient (Wildman–Crippen LogP) is 2.77. The van der Waals surface area contributed by atoms with Gasteiger partial charge >= 0.3 is 0 Å². The van der Waals surface area contributed by atoms with Crippen molar-refractivity contribution < 1.29 is 14.3 Å². The van der Waals surface area contributed by atoms with Crippen molar-refractivity contribution in [2.45, 2.75) is 51.0 Å². The molecule has 0 radical (unpaired) electrons. The molecule has 2 rings (SSSR count). The van der Waals surface area contributed by atoms with E-state index >= 15 is 0 Å². The molecule has 1 fully saturated rings. The molecule has 0 aromatic heterocycles. The number of benzene rings is 1. The lowest BCUT2D eigenvalue weighted by Gasteiger charge is -2.29. The maximum absolute atomic E-state index is 13.0. The van der Waals surface area contributed by atoms with E-state index in [1.807, 2.05) is 13.8 Å². The van der Waals surface area contributed by atoms with Crippen LogP contribution in [0.25, 0.3) is 0 Å². The maximum atomic E-state index is 13.0. The van der Waals surface area contributed by atoms with E-state index in [9.17, 15) is 14.3 Å². The van der Waals surface area contributed by atoms with Crippen molar-refractivity contribution in [2.24, 2.45) is 5.92 Å². The molecule has 1 amide bonds. The van der Waals surface area contributed by atoms with Crippen LogP contribution in [-0.2, 0) is 10.2 Å². The minimum absolute atomic E-state index is 0.0610. The van der Waals surface area contributed by atoms with Crippen LogP contribution in [0.1, 0.15) is 45.1 Å². The lowest BCUT2D eigenvalue weighted by molar-refractivity contribution is -0.126. The van der Waals surface area contributed by atoms with Gasteiger partial charge in [-0.3, -0.25) is 4.79 Å². The van der Waals surface area contributed by atoms with Crippen LogP contribution in [0.15, 0.2) is 24.3 Å². The summed E-state index contributed by atoms with van der Waals surface area (Å²) in [4.78, 5) is 12.4. The number of hydrogen-bond donors (Lipinski definition) is 2. The predicted molar refractivity (Wildman–Crippen MR) is 80.4 cm³/mol. The second-order valence-corrected chi connectivity index (χ2v) is 6.53. The number of nitrogens with one attached hydrogen (secondary N) is 1. The van der Waals surface area contributed by atoms with Crippen molar-refractivity contribution in [3.05, 3.63) is 35.6 Å². The van der Waals surface area contributed by atoms with Crippen molar-refractivity contribution >= 4 is 5.91 Å². The summed E-state index contributed by atoms with van der Waals surface area (Å²) in [7, 11) is 0. The third kappa shape index (κ3) is 4.03. The molecule has 1 aliphatic rings. The van der Waals surface area contributed by atoms with Gasteiger partial charge < -0.3 is 10.4 Å². The van der Waals surface area contributed by atoms with Crippen molar-refractivity contribution in [3.63, 3.8) is 0 Å². The van der Waals surface area contributed by atoms with Gasteiger partial charge in [0, 0.05) is 6.54 Å². The zero-order valence-corrected chi connectivity index (χ0v) is 12.7. The SMILES string of the molecule is CC(C)(C(=O)NCC1CCCC(O)C1)c1ccc(F)cc1. The largest absolute Gasteiger partial charge is 0.393 e. The first kappa shape index (κ1) is 16.0. The Hall–Kier alpha value is -1.42. The number of amides is 1. The van der Waals surface area contributed by atoms with E-state index in [2.05, 4.69) is 5.32 Å². The summed E-state index contributed by atoms with van der Waals surface area (Å²) in [5.41, 5.74) is 0.103. The minimum Gasteiger partial charge on any atom is -0.393 e. The van der Waals surface area contributed by atoms with Gasteiger partial charge in [-0.1, -0.05) is 18.6 Å². The highest BCUT2D eigenvalue weighted by molar-refractivity contribution is 5.87. The van der Waals surface area contributed by atoms with Crippen molar-refractivity contribution in [2.75, 3.05) is 6.54 Å². The Balaban J connectivity index is 1.93. The molecule has 0 bridgehead atoms. The van der Waals surface area contributed by atoms with Crippen LogP contribution in [0, 0.1) is 11.7 Å². The van der Waals surface area contributed by atoms with E-state index < -0.39 is 5.41 Å². The third-order valence-electron chi connectivity index (χ3n) is 4.44. The molecule has 1 aliphatic carbocycles. The zero-order chi connectivity index (χ0) is 15.5. The van der Waals surface area contributed by atoms with Gasteiger partial charge in [-0.2, -0.15) is 0 Å². The van der Waals surface area contributed by atoms with E-state index in [0.29, 0.717) is 12.5 Å². The summed E-state index contributed by atoms with van der Waals surface area (Å²) in [5, 5.41) is 12.6. The Bertz CT molecular complexity index is 484. The Morgan fingerprint density at radius 3 is 2.62 bits per heavy atom. The lowest BCUT2D eigenvalue weighted by Crippen LogP contribution is -2.42. The molecular formula is C17H24FNO2. The molecule has 2 atom stereocenters. The first-order valence-electron chi connectivity index (χ1n) is 7.62. The van der Waals surface area contributed by atoms with Crippen LogP contribution in [-0.4, -0.2) is 23.7 Å². The Kier molecular flexibility index (Phi) is 4.99. The van der Waals surface area contributed by atoms with Gasteiger partial charge in [-0.15, -0.1) is 0 Å². The molecule has 1 aromatic carbocycles. The average Bonchev–Trinajstić information content (AvgIpc) is 2.45. The molecule has 1 saturated carbocycles. The van der Waals surface area contributed by atoms with E-state index in [1.165, 1.54) is 12.1 Å². The maximum Gasteiger partial charge on any atom is 0.230 e. The third-order valence-corrected chi connectivity index (χ3v) is 4.44. The Labute approximate surface area is 125 Å². The first-order valence-corrected chi connectivity index (χ1v) is 7.62. The summed E-state index contributed by atoms with van der Waals surface area (Å²) in [6, 6.07) is 6.06. The van der Waals surface area contributed by atoms with E-state index in [1.54, 1.807) is 12.1 Å². The van der Waals surface area contributed by atoms with E-state index in [0.717, 1.165) is 31.2 Å². The summed E-state index contributed by atoms with van der Waals surface area (Å²) in [5.74, 6) is -0.0120. The summed E-state index contributed by atoms with van der Waals surface area (Å²) in [6.45, 7) is 4.27. The number of halogens is 1. The van der Waals surface area contributed by atoms with Crippen molar-refractivity contribution in [3.8, 4) is 0 Å². The zero-order valence-electron chi connectivity index (χ0n) is 12.7. The highest BCUT2D eigenvalue weighted by atomic mass is 19.1. The molecule has 0 saturated heterocycles. The van der Waals surface area contributed by atoms with Crippen molar-refractivity contribution in [1.29, 1.82) is 0 Å². The highest BCUT2D eigenvalue weighted by Gasteiger charge is 2.30. The number of aliphatic hydroxyl groups excluding tert-OH is 1.